The third-order valence-corrected chi connectivity index (χ3v) is 4.14. The van der Waals surface area contributed by atoms with Gasteiger partial charge >= 0.3 is 6.03 Å². The molecule has 0 radical (unpaired) electrons. The van der Waals surface area contributed by atoms with E-state index in [2.05, 4.69) is 23.4 Å². The number of nitrogens with zero attached hydrogens (tertiary/aromatic N) is 1. The fraction of sp³-hybridized carbons (Fsp3) is 0.176. The van der Waals surface area contributed by atoms with E-state index in [-0.39, 0.29) is 5.91 Å². The van der Waals surface area contributed by atoms with E-state index in [0.29, 0.717) is 39.5 Å². The highest BCUT2D eigenvalue weighted by Crippen LogP contribution is 2.36. The largest absolute Gasteiger partial charge is 0.491 e. The second-order valence-corrected chi connectivity index (χ2v) is 6.39. The number of ether oxygens (including phenoxy) is 1. The number of hydrogen-bond acceptors (Lipinski definition) is 4. The van der Waals surface area contributed by atoms with E-state index in [9.17, 15) is 9.59 Å². The summed E-state index contributed by atoms with van der Waals surface area (Å²) < 4.78 is 6.47. The van der Waals surface area contributed by atoms with Crippen molar-refractivity contribution in [3.05, 3.63) is 46.4 Å². The molecule has 2 aromatic carbocycles. The Bertz CT molecular complexity index is 792. The van der Waals surface area contributed by atoms with Gasteiger partial charge in [0.15, 0.2) is 5.75 Å². The molecule has 26 heavy (non-hydrogen) atoms. The number of anilines is 3. The van der Waals surface area contributed by atoms with Crippen LogP contribution in [0.3, 0.4) is 0 Å². The van der Waals surface area contributed by atoms with E-state index in [1.165, 1.54) is 19.1 Å². The molecule has 0 saturated carbocycles. The highest BCUT2D eigenvalue weighted by Gasteiger charge is 2.15. The quantitative estimate of drug-likeness (QED) is 0.587. The number of halogens is 2. The van der Waals surface area contributed by atoms with Gasteiger partial charge in [0.1, 0.15) is 0 Å². The zero-order valence-electron chi connectivity index (χ0n) is 14.0. The maximum absolute atomic E-state index is 12.4. The Kier molecular flexibility index (Phi) is 7.02. The van der Waals surface area contributed by atoms with Crippen LogP contribution in [0.1, 0.15) is 13.8 Å². The van der Waals surface area contributed by atoms with Gasteiger partial charge in [0.25, 0.3) is 0 Å². The molecule has 0 aliphatic carbocycles. The lowest BCUT2D eigenvalue weighted by Gasteiger charge is -2.18. The van der Waals surface area contributed by atoms with Gasteiger partial charge in [-0.05, 0) is 43.3 Å². The number of amides is 3. The van der Waals surface area contributed by atoms with Crippen LogP contribution >= 0.6 is 36.0 Å². The SMILES string of the molecule is CCOc1c(Cl)cc(NC(=O)N(S)c2ccc(NC(C)=O)cc2)cc1Cl. The first-order chi connectivity index (χ1) is 12.3. The van der Waals surface area contributed by atoms with Gasteiger partial charge in [-0.15, -0.1) is 0 Å². The molecule has 6 nitrogen and oxygen atoms in total. The molecule has 138 valence electrons. The molecule has 2 aromatic rings. The summed E-state index contributed by atoms with van der Waals surface area (Å²) >= 11 is 16.4. The minimum absolute atomic E-state index is 0.178. The minimum Gasteiger partial charge on any atom is -0.491 e. The van der Waals surface area contributed by atoms with Gasteiger partial charge in [0, 0.05) is 18.3 Å². The first-order valence-corrected chi connectivity index (χ1v) is 8.77. The number of carbonyl (C=O) groups excluding carboxylic acids is 2. The Hall–Kier alpha value is -2.09. The van der Waals surface area contributed by atoms with Gasteiger partial charge < -0.3 is 15.4 Å². The van der Waals surface area contributed by atoms with Crippen molar-refractivity contribution in [1.29, 1.82) is 0 Å². The van der Waals surface area contributed by atoms with Crippen LogP contribution in [0.25, 0.3) is 0 Å². The number of rotatable bonds is 5. The maximum Gasteiger partial charge on any atom is 0.336 e. The normalized spacial score (nSPS) is 10.2. The lowest BCUT2D eigenvalue weighted by atomic mass is 10.2. The van der Waals surface area contributed by atoms with Crippen LogP contribution in [0.5, 0.6) is 5.75 Å². The zero-order valence-corrected chi connectivity index (χ0v) is 16.5. The average Bonchev–Trinajstić information content (AvgIpc) is 2.57. The number of benzene rings is 2. The van der Waals surface area contributed by atoms with Gasteiger partial charge in [-0.3, -0.25) is 4.79 Å². The Balaban J connectivity index is 2.10. The van der Waals surface area contributed by atoms with Crippen LogP contribution in [-0.4, -0.2) is 18.5 Å². The highest BCUT2D eigenvalue weighted by molar-refractivity contribution is 7.82. The van der Waals surface area contributed by atoms with Gasteiger partial charge in [-0.2, -0.15) is 0 Å². The molecule has 0 fully saturated rings. The van der Waals surface area contributed by atoms with E-state index in [1.807, 2.05) is 6.92 Å². The summed E-state index contributed by atoms with van der Waals surface area (Å²) in [5.41, 5.74) is 1.54. The Morgan fingerprint density at radius 3 is 2.15 bits per heavy atom. The predicted octanol–water partition coefficient (Wildman–Crippen LogP) is 5.23. The Labute approximate surface area is 167 Å². The molecule has 2 rings (SSSR count). The fourth-order valence-corrected chi connectivity index (χ4v) is 2.88. The molecule has 9 heteroatoms. The number of carbonyl (C=O) groups is 2. The molecule has 0 bridgehead atoms. The third-order valence-electron chi connectivity index (χ3n) is 3.16. The molecule has 0 aliphatic rings. The van der Waals surface area contributed by atoms with Crippen LogP contribution in [0, 0.1) is 0 Å². The van der Waals surface area contributed by atoms with Crippen molar-refractivity contribution in [2.24, 2.45) is 0 Å². The van der Waals surface area contributed by atoms with Crippen molar-refractivity contribution in [2.75, 3.05) is 21.5 Å². The van der Waals surface area contributed by atoms with Gasteiger partial charge in [-0.1, -0.05) is 36.0 Å². The number of hydrogen-bond donors (Lipinski definition) is 3. The molecule has 0 unspecified atom stereocenters. The monoisotopic (exact) mass is 413 g/mol. The third kappa shape index (κ3) is 5.20. The number of urea groups is 1. The van der Waals surface area contributed by atoms with Crippen LogP contribution in [0.2, 0.25) is 10.0 Å². The predicted molar refractivity (Wildman–Crippen MR) is 109 cm³/mol. The van der Waals surface area contributed by atoms with Gasteiger partial charge in [-0.25, -0.2) is 9.10 Å². The van der Waals surface area contributed by atoms with Crippen LogP contribution < -0.4 is 19.7 Å². The molecule has 0 aliphatic heterocycles. The molecule has 3 amide bonds. The molecular formula is C17H17Cl2N3O3S. The lowest BCUT2D eigenvalue weighted by Crippen LogP contribution is -2.26. The average molecular weight is 414 g/mol. The van der Waals surface area contributed by atoms with E-state index in [1.54, 1.807) is 24.3 Å². The Morgan fingerprint density at radius 1 is 1.08 bits per heavy atom. The standard InChI is InChI=1S/C17H17Cl2N3O3S/c1-3-25-16-14(18)8-12(9-15(16)19)21-17(24)22(26)13-6-4-11(5-7-13)20-10(2)23/h4-9,26H,3H2,1-2H3,(H,20,23)(H,21,24). The summed E-state index contributed by atoms with van der Waals surface area (Å²) in [6.07, 6.45) is 0. The fourth-order valence-electron chi connectivity index (χ4n) is 2.10. The first-order valence-electron chi connectivity index (χ1n) is 7.61. The molecule has 0 heterocycles. The van der Waals surface area contributed by atoms with E-state index >= 15 is 0 Å². The van der Waals surface area contributed by atoms with Gasteiger partial charge in [0.05, 0.1) is 22.3 Å². The molecule has 0 atom stereocenters. The summed E-state index contributed by atoms with van der Waals surface area (Å²) in [4.78, 5) is 23.4. The van der Waals surface area contributed by atoms with Crippen LogP contribution in [-0.2, 0) is 4.79 Å². The number of nitrogens with one attached hydrogen (secondary N) is 2. The number of thiol groups is 1. The van der Waals surface area contributed by atoms with Crippen molar-refractivity contribution in [2.45, 2.75) is 13.8 Å². The van der Waals surface area contributed by atoms with E-state index in [0.717, 1.165) is 4.31 Å². The topological polar surface area (TPSA) is 70.7 Å². The second kappa shape index (κ2) is 9.02. The highest BCUT2D eigenvalue weighted by atomic mass is 35.5. The summed E-state index contributed by atoms with van der Waals surface area (Å²) in [5.74, 6) is 0.188. The van der Waals surface area contributed by atoms with Crippen LogP contribution in [0.4, 0.5) is 21.9 Å². The smallest absolute Gasteiger partial charge is 0.336 e. The van der Waals surface area contributed by atoms with Crippen molar-refractivity contribution < 1.29 is 14.3 Å². The first kappa shape index (κ1) is 20.2. The lowest BCUT2D eigenvalue weighted by molar-refractivity contribution is -0.114. The maximum atomic E-state index is 12.4. The van der Waals surface area contributed by atoms with E-state index < -0.39 is 6.03 Å². The molecule has 2 N–H and O–H groups in total. The van der Waals surface area contributed by atoms with Gasteiger partial charge in [0.2, 0.25) is 5.91 Å². The second-order valence-electron chi connectivity index (χ2n) is 5.17. The summed E-state index contributed by atoms with van der Waals surface area (Å²) in [7, 11) is 0. The van der Waals surface area contributed by atoms with Crippen molar-refractivity contribution in [1.82, 2.24) is 0 Å². The zero-order chi connectivity index (χ0) is 19.3. The minimum atomic E-state index is -0.503. The molecule has 0 saturated heterocycles. The Morgan fingerprint density at radius 2 is 1.65 bits per heavy atom. The summed E-state index contributed by atoms with van der Waals surface area (Å²) in [6, 6.07) is 9.20. The van der Waals surface area contributed by atoms with Crippen LogP contribution in [0.15, 0.2) is 36.4 Å². The van der Waals surface area contributed by atoms with Crippen molar-refractivity contribution in [3.8, 4) is 5.75 Å². The molecule has 0 aromatic heterocycles. The molecule has 0 spiro atoms. The van der Waals surface area contributed by atoms with Crippen molar-refractivity contribution in [3.63, 3.8) is 0 Å². The summed E-state index contributed by atoms with van der Waals surface area (Å²) in [5, 5.41) is 5.88. The van der Waals surface area contributed by atoms with E-state index in [4.69, 9.17) is 27.9 Å². The van der Waals surface area contributed by atoms with Crippen molar-refractivity contribution >= 4 is 65.0 Å². The summed E-state index contributed by atoms with van der Waals surface area (Å²) in [6.45, 7) is 3.65. The molecular weight excluding hydrogens is 397 g/mol.